The summed E-state index contributed by atoms with van der Waals surface area (Å²) >= 11 is 0. The minimum absolute atomic E-state index is 0.142. The quantitative estimate of drug-likeness (QED) is 0.388. The predicted octanol–water partition coefficient (Wildman–Crippen LogP) is 3.57. The molecule has 2 N–H and O–H groups in total. The van der Waals surface area contributed by atoms with Crippen LogP contribution in [0.5, 0.6) is 0 Å². The number of fused-ring (bicyclic) bond motifs is 1. The van der Waals surface area contributed by atoms with Crippen molar-refractivity contribution in [2.75, 3.05) is 5.32 Å². The number of hydrogen-bond donors (Lipinski definition) is 2. The highest BCUT2D eigenvalue weighted by atomic mass is 32.2. The van der Waals surface area contributed by atoms with Gasteiger partial charge in [0.2, 0.25) is 0 Å². The van der Waals surface area contributed by atoms with Gasteiger partial charge in [-0.3, -0.25) is 14.6 Å². The summed E-state index contributed by atoms with van der Waals surface area (Å²) in [6, 6.07) is 11.6. The first-order chi connectivity index (χ1) is 16.7. The van der Waals surface area contributed by atoms with Gasteiger partial charge in [0.1, 0.15) is 0 Å². The SMILES string of the molecule is Cc1nn(C)cc1-c1cc2cc(NC(=O)c3n[nH]c(C)c3C)cnc2n1S(=O)(=O)c1ccccc1. The number of nitrogens with one attached hydrogen (secondary N) is 2. The molecule has 4 aromatic heterocycles. The van der Waals surface area contributed by atoms with Gasteiger partial charge in [-0.15, -0.1) is 0 Å². The molecule has 0 unspecified atom stereocenters. The summed E-state index contributed by atoms with van der Waals surface area (Å²) in [7, 11) is -2.20. The molecule has 0 saturated heterocycles. The van der Waals surface area contributed by atoms with Crippen molar-refractivity contribution in [2.24, 2.45) is 7.05 Å². The van der Waals surface area contributed by atoms with Crippen LogP contribution in [-0.4, -0.2) is 43.3 Å². The summed E-state index contributed by atoms with van der Waals surface area (Å²) in [5.41, 5.74) is 4.30. The summed E-state index contributed by atoms with van der Waals surface area (Å²) in [6.45, 7) is 5.47. The van der Waals surface area contributed by atoms with E-state index in [1.165, 1.54) is 10.2 Å². The fraction of sp³-hybridized carbons (Fsp3) is 0.167. The van der Waals surface area contributed by atoms with E-state index in [4.69, 9.17) is 0 Å². The van der Waals surface area contributed by atoms with Crippen molar-refractivity contribution < 1.29 is 13.2 Å². The fourth-order valence-electron chi connectivity index (χ4n) is 4.01. The van der Waals surface area contributed by atoms with Crippen LogP contribution < -0.4 is 5.32 Å². The summed E-state index contributed by atoms with van der Waals surface area (Å²) in [4.78, 5) is 17.3. The third kappa shape index (κ3) is 3.79. The van der Waals surface area contributed by atoms with E-state index in [1.54, 1.807) is 60.4 Å². The van der Waals surface area contributed by atoms with Crippen LogP contribution in [0.1, 0.15) is 27.4 Å². The van der Waals surface area contributed by atoms with Gasteiger partial charge in [-0.05, 0) is 45.0 Å². The number of carbonyl (C=O) groups excluding carboxylic acids is 1. The van der Waals surface area contributed by atoms with Crippen LogP contribution in [0.2, 0.25) is 0 Å². The van der Waals surface area contributed by atoms with Gasteiger partial charge in [0.05, 0.1) is 28.2 Å². The maximum absolute atomic E-state index is 13.7. The zero-order valence-corrected chi connectivity index (χ0v) is 20.4. The molecule has 5 aromatic rings. The number of H-pyrrole nitrogens is 1. The molecule has 1 aromatic carbocycles. The number of aryl methyl sites for hydroxylation is 3. The number of nitrogens with zero attached hydrogens (tertiary/aromatic N) is 5. The molecule has 0 aliphatic carbocycles. The van der Waals surface area contributed by atoms with Crippen LogP contribution in [0.25, 0.3) is 22.3 Å². The molecular formula is C24H23N7O3S. The smallest absolute Gasteiger partial charge is 0.276 e. The number of rotatable bonds is 5. The Kier molecular flexibility index (Phi) is 5.28. The normalized spacial score (nSPS) is 11.8. The lowest BCUT2D eigenvalue weighted by atomic mass is 10.2. The third-order valence-electron chi connectivity index (χ3n) is 5.90. The molecule has 0 bridgehead atoms. The van der Waals surface area contributed by atoms with Crippen LogP contribution in [0.4, 0.5) is 5.69 Å². The second-order valence-electron chi connectivity index (χ2n) is 8.33. The second-order valence-corrected chi connectivity index (χ2v) is 10.1. The Hall–Kier alpha value is -4.25. The summed E-state index contributed by atoms with van der Waals surface area (Å²) in [5.74, 6) is -0.382. The number of carbonyl (C=O) groups is 1. The topological polar surface area (TPSA) is 128 Å². The maximum atomic E-state index is 13.7. The Labute approximate surface area is 201 Å². The molecule has 0 spiro atoms. The van der Waals surface area contributed by atoms with Gasteiger partial charge in [-0.1, -0.05) is 18.2 Å². The van der Waals surface area contributed by atoms with Gasteiger partial charge in [0.25, 0.3) is 15.9 Å². The zero-order chi connectivity index (χ0) is 24.9. The molecule has 0 fully saturated rings. The first-order valence-electron chi connectivity index (χ1n) is 10.8. The van der Waals surface area contributed by atoms with Crippen LogP contribution in [0.15, 0.2) is 59.8 Å². The number of amides is 1. The van der Waals surface area contributed by atoms with E-state index in [9.17, 15) is 13.2 Å². The Balaban J connectivity index is 1.66. The Morgan fingerprint density at radius 3 is 2.46 bits per heavy atom. The van der Waals surface area contributed by atoms with Crippen molar-refractivity contribution in [1.82, 2.24) is 28.9 Å². The summed E-state index contributed by atoms with van der Waals surface area (Å²) < 4.78 is 30.3. The lowest BCUT2D eigenvalue weighted by Gasteiger charge is -2.11. The first kappa shape index (κ1) is 22.5. The van der Waals surface area contributed by atoms with Crippen molar-refractivity contribution in [3.05, 3.63) is 77.5 Å². The molecule has 5 rings (SSSR count). The molecule has 0 aliphatic heterocycles. The van der Waals surface area contributed by atoms with E-state index in [1.807, 2.05) is 20.8 Å². The van der Waals surface area contributed by atoms with Gasteiger partial charge in [0, 0.05) is 35.5 Å². The van der Waals surface area contributed by atoms with Crippen LogP contribution >= 0.6 is 0 Å². The monoisotopic (exact) mass is 489 g/mol. The average Bonchev–Trinajstić information content (AvgIpc) is 3.48. The molecular weight excluding hydrogens is 466 g/mol. The van der Waals surface area contributed by atoms with Gasteiger partial charge >= 0.3 is 0 Å². The predicted molar refractivity (Wildman–Crippen MR) is 132 cm³/mol. The minimum Gasteiger partial charge on any atom is -0.319 e. The first-order valence-corrected chi connectivity index (χ1v) is 12.3. The second kappa shape index (κ2) is 8.20. The lowest BCUT2D eigenvalue weighted by Crippen LogP contribution is -2.15. The van der Waals surface area contributed by atoms with Crippen LogP contribution in [0, 0.1) is 20.8 Å². The maximum Gasteiger partial charge on any atom is 0.276 e. The highest BCUT2D eigenvalue weighted by Gasteiger charge is 2.26. The minimum atomic E-state index is -3.97. The Bertz CT molecular complexity index is 1700. The van der Waals surface area contributed by atoms with E-state index >= 15 is 0 Å². The number of anilines is 1. The fourth-order valence-corrected chi connectivity index (χ4v) is 5.52. The number of benzene rings is 1. The summed E-state index contributed by atoms with van der Waals surface area (Å²) in [5, 5.41) is 14.6. The van der Waals surface area contributed by atoms with Crippen molar-refractivity contribution in [3.8, 4) is 11.3 Å². The molecule has 11 heteroatoms. The van der Waals surface area contributed by atoms with Crippen LogP contribution in [-0.2, 0) is 17.1 Å². The standard InChI is InChI=1S/C24H23N7O3S/c1-14-15(2)27-28-22(14)24(32)26-18-10-17-11-21(20-13-30(4)29-16(20)3)31(23(17)25-12-18)35(33,34)19-8-6-5-7-9-19/h5-13H,1-4H3,(H,26,32)(H,27,28). The van der Waals surface area contributed by atoms with E-state index < -0.39 is 10.0 Å². The largest absolute Gasteiger partial charge is 0.319 e. The highest BCUT2D eigenvalue weighted by Crippen LogP contribution is 2.33. The molecule has 0 radical (unpaired) electrons. The van der Waals surface area contributed by atoms with E-state index in [-0.39, 0.29) is 16.4 Å². The molecule has 178 valence electrons. The van der Waals surface area contributed by atoms with Crippen LogP contribution in [0.3, 0.4) is 0 Å². The molecule has 1 amide bonds. The van der Waals surface area contributed by atoms with Gasteiger partial charge in [-0.25, -0.2) is 17.4 Å². The molecule has 0 aliphatic rings. The molecule has 0 saturated carbocycles. The molecule has 0 atom stereocenters. The lowest BCUT2D eigenvalue weighted by molar-refractivity contribution is 0.102. The molecule has 4 heterocycles. The van der Waals surface area contributed by atoms with E-state index in [0.717, 1.165) is 11.3 Å². The highest BCUT2D eigenvalue weighted by molar-refractivity contribution is 7.90. The number of aromatic amines is 1. The molecule has 35 heavy (non-hydrogen) atoms. The van der Waals surface area contributed by atoms with Crippen molar-refractivity contribution in [2.45, 2.75) is 25.7 Å². The third-order valence-corrected chi connectivity index (χ3v) is 7.61. The van der Waals surface area contributed by atoms with Crippen molar-refractivity contribution in [3.63, 3.8) is 0 Å². The van der Waals surface area contributed by atoms with Gasteiger partial charge < -0.3 is 5.32 Å². The molecule has 10 nitrogen and oxygen atoms in total. The zero-order valence-electron chi connectivity index (χ0n) is 19.6. The van der Waals surface area contributed by atoms with Crippen molar-refractivity contribution in [1.29, 1.82) is 0 Å². The Morgan fingerprint density at radius 2 is 1.83 bits per heavy atom. The van der Waals surface area contributed by atoms with Crippen molar-refractivity contribution >= 4 is 32.7 Å². The average molecular weight is 490 g/mol. The van der Waals surface area contributed by atoms with Gasteiger partial charge in [-0.2, -0.15) is 10.2 Å². The van der Waals surface area contributed by atoms with E-state index in [2.05, 4.69) is 25.6 Å². The number of hydrogen-bond acceptors (Lipinski definition) is 6. The number of aromatic nitrogens is 6. The van der Waals surface area contributed by atoms with E-state index in [0.29, 0.717) is 33.7 Å². The number of pyridine rings is 1. The summed E-state index contributed by atoms with van der Waals surface area (Å²) in [6.07, 6.45) is 3.21. The Morgan fingerprint density at radius 1 is 1.09 bits per heavy atom. The van der Waals surface area contributed by atoms with Gasteiger partial charge in [0.15, 0.2) is 11.3 Å².